The second kappa shape index (κ2) is 9.49. The molecule has 0 aromatic heterocycles. The van der Waals surface area contributed by atoms with Crippen molar-refractivity contribution >= 4 is 5.84 Å². The first-order chi connectivity index (χ1) is 8.36. The number of amidine groups is 1. The summed E-state index contributed by atoms with van der Waals surface area (Å²) in [7, 11) is 0. The van der Waals surface area contributed by atoms with Crippen molar-refractivity contribution in [3.05, 3.63) is 0 Å². The fourth-order valence-electron chi connectivity index (χ4n) is 2.56. The van der Waals surface area contributed by atoms with E-state index in [1.54, 1.807) is 0 Å². The molecule has 0 aliphatic carbocycles. The Balaban J connectivity index is 2.21. The lowest BCUT2D eigenvalue weighted by Gasteiger charge is -2.16. The highest BCUT2D eigenvalue weighted by Crippen LogP contribution is 2.21. The van der Waals surface area contributed by atoms with Gasteiger partial charge in [-0.05, 0) is 5.92 Å². The zero-order valence-electron chi connectivity index (χ0n) is 11.8. The molecule has 0 bridgehead atoms. The monoisotopic (exact) mass is 238 g/mol. The van der Waals surface area contributed by atoms with E-state index in [-0.39, 0.29) is 0 Å². The zero-order chi connectivity index (χ0) is 12.3. The molecule has 1 N–H and O–H groups in total. The zero-order valence-corrected chi connectivity index (χ0v) is 11.8. The molecule has 0 spiro atoms. The van der Waals surface area contributed by atoms with Crippen LogP contribution in [0.15, 0.2) is 4.99 Å². The first kappa shape index (κ1) is 14.5. The van der Waals surface area contributed by atoms with Crippen molar-refractivity contribution in [2.45, 2.75) is 71.6 Å². The maximum absolute atomic E-state index is 4.53. The molecule has 1 aliphatic heterocycles. The maximum Gasteiger partial charge on any atom is 0.0967 e. The molecule has 1 unspecified atom stereocenters. The third-order valence-corrected chi connectivity index (χ3v) is 3.66. The van der Waals surface area contributed by atoms with E-state index in [4.69, 9.17) is 0 Å². The van der Waals surface area contributed by atoms with E-state index in [1.165, 1.54) is 63.6 Å². The summed E-state index contributed by atoms with van der Waals surface area (Å²) in [5.74, 6) is 2.15. The van der Waals surface area contributed by atoms with Crippen LogP contribution in [0.4, 0.5) is 0 Å². The van der Waals surface area contributed by atoms with Gasteiger partial charge in [0.2, 0.25) is 0 Å². The summed E-state index contributed by atoms with van der Waals surface area (Å²) in [6.45, 7) is 6.63. The summed E-state index contributed by atoms with van der Waals surface area (Å²) >= 11 is 0. The first-order valence-electron chi connectivity index (χ1n) is 7.64. The standard InChI is InChI=1S/C15H30N2/c1-3-5-7-8-10-14(9-6-4-2)13-15-16-11-12-17-15/h14H,3-13H2,1-2H3,(H,16,17). The number of unbranched alkanes of at least 4 members (excludes halogenated alkanes) is 4. The summed E-state index contributed by atoms with van der Waals surface area (Å²) in [5, 5.41) is 3.42. The van der Waals surface area contributed by atoms with E-state index in [9.17, 15) is 0 Å². The van der Waals surface area contributed by atoms with Crippen molar-refractivity contribution in [2.24, 2.45) is 10.9 Å². The summed E-state index contributed by atoms with van der Waals surface area (Å²) in [6, 6.07) is 0. The predicted molar refractivity (Wildman–Crippen MR) is 76.7 cm³/mol. The number of rotatable bonds is 10. The molecule has 0 aromatic carbocycles. The average Bonchev–Trinajstić information content (AvgIpc) is 2.84. The molecule has 2 heteroatoms. The molecule has 1 atom stereocenters. The second-order valence-electron chi connectivity index (χ2n) is 5.32. The van der Waals surface area contributed by atoms with Crippen LogP contribution in [0.5, 0.6) is 0 Å². The third kappa shape index (κ3) is 6.70. The van der Waals surface area contributed by atoms with Gasteiger partial charge in [-0.3, -0.25) is 4.99 Å². The van der Waals surface area contributed by atoms with Gasteiger partial charge < -0.3 is 5.32 Å². The minimum atomic E-state index is 0.871. The van der Waals surface area contributed by atoms with Gasteiger partial charge in [-0.15, -0.1) is 0 Å². The van der Waals surface area contributed by atoms with Crippen LogP contribution in [-0.2, 0) is 0 Å². The molecule has 0 aromatic rings. The maximum atomic E-state index is 4.53. The molecule has 100 valence electrons. The quantitative estimate of drug-likeness (QED) is 0.568. The van der Waals surface area contributed by atoms with Crippen molar-refractivity contribution in [2.75, 3.05) is 13.1 Å². The SMILES string of the molecule is CCCCCCC(CCCC)CC1=NCCN1. The summed E-state index contributed by atoms with van der Waals surface area (Å²) in [5.41, 5.74) is 0. The van der Waals surface area contributed by atoms with Gasteiger partial charge in [0, 0.05) is 13.0 Å². The highest BCUT2D eigenvalue weighted by Gasteiger charge is 2.13. The van der Waals surface area contributed by atoms with Gasteiger partial charge >= 0.3 is 0 Å². The van der Waals surface area contributed by atoms with Crippen molar-refractivity contribution in [1.82, 2.24) is 5.32 Å². The lowest BCUT2D eigenvalue weighted by Crippen LogP contribution is -2.21. The van der Waals surface area contributed by atoms with Gasteiger partial charge in [0.25, 0.3) is 0 Å². The van der Waals surface area contributed by atoms with E-state index in [0.717, 1.165) is 19.0 Å². The Kier molecular flexibility index (Phi) is 8.12. The van der Waals surface area contributed by atoms with Crippen molar-refractivity contribution in [3.63, 3.8) is 0 Å². The fourth-order valence-corrected chi connectivity index (χ4v) is 2.56. The topological polar surface area (TPSA) is 24.4 Å². The Morgan fingerprint density at radius 3 is 2.47 bits per heavy atom. The van der Waals surface area contributed by atoms with Crippen LogP contribution in [0.25, 0.3) is 0 Å². The molecule has 0 amide bonds. The van der Waals surface area contributed by atoms with E-state index < -0.39 is 0 Å². The van der Waals surface area contributed by atoms with Gasteiger partial charge in [0.1, 0.15) is 0 Å². The van der Waals surface area contributed by atoms with Gasteiger partial charge in [0.05, 0.1) is 12.4 Å². The Hall–Kier alpha value is -0.530. The predicted octanol–water partition coefficient (Wildman–Crippen LogP) is 4.16. The summed E-state index contributed by atoms with van der Waals surface area (Å²) in [6.07, 6.45) is 12.3. The van der Waals surface area contributed by atoms with Crippen molar-refractivity contribution in [3.8, 4) is 0 Å². The van der Waals surface area contributed by atoms with Crippen LogP contribution in [-0.4, -0.2) is 18.9 Å². The lowest BCUT2D eigenvalue weighted by atomic mass is 9.92. The summed E-state index contributed by atoms with van der Waals surface area (Å²) in [4.78, 5) is 4.53. The van der Waals surface area contributed by atoms with Crippen LogP contribution < -0.4 is 5.32 Å². The van der Waals surface area contributed by atoms with Crippen LogP contribution in [0.2, 0.25) is 0 Å². The van der Waals surface area contributed by atoms with E-state index in [1.807, 2.05) is 0 Å². The third-order valence-electron chi connectivity index (χ3n) is 3.66. The molecular formula is C15H30N2. The molecule has 1 aliphatic rings. The Bertz CT molecular complexity index is 211. The molecule has 2 nitrogen and oxygen atoms in total. The van der Waals surface area contributed by atoms with Crippen LogP contribution in [0, 0.1) is 5.92 Å². The Morgan fingerprint density at radius 2 is 1.82 bits per heavy atom. The average molecular weight is 238 g/mol. The Morgan fingerprint density at radius 1 is 1.06 bits per heavy atom. The molecular weight excluding hydrogens is 208 g/mol. The smallest absolute Gasteiger partial charge is 0.0967 e. The van der Waals surface area contributed by atoms with Crippen LogP contribution in [0.3, 0.4) is 0 Å². The number of hydrogen-bond acceptors (Lipinski definition) is 2. The van der Waals surface area contributed by atoms with E-state index >= 15 is 0 Å². The molecule has 17 heavy (non-hydrogen) atoms. The highest BCUT2D eigenvalue weighted by molar-refractivity contribution is 5.83. The van der Waals surface area contributed by atoms with Crippen molar-refractivity contribution < 1.29 is 0 Å². The highest BCUT2D eigenvalue weighted by atomic mass is 15.1. The van der Waals surface area contributed by atoms with Gasteiger partial charge in [-0.2, -0.15) is 0 Å². The fraction of sp³-hybridized carbons (Fsp3) is 0.933. The van der Waals surface area contributed by atoms with Crippen LogP contribution >= 0.6 is 0 Å². The Labute approximate surface area is 107 Å². The molecule has 0 saturated heterocycles. The van der Waals surface area contributed by atoms with Crippen molar-refractivity contribution in [1.29, 1.82) is 0 Å². The minimum absolute atomic E-state index is 0.871. The molecule has 0 fully saturated rings. The van der Waals surface area contributed by atoms with E-state index in [0.29, 0.717) is 0 Å². The molecule has 0 saturated carbocycles. The molecule has 1 heterocycles. The number of nitrogens with one attached hydrogen (secondary N) is 1. The van der Waals surface area contributed by atoms with Crippen LogP contribution in [0.1, 0.15) is 71.6 Å². The molecule has 1 rings (SSSR count). The number of hydrogen-bond donors (Lipinski definition) is 1. The van der Waals surface area contributed by atoms with Gasteiger partial charge in [0.15, 0.2) is 0 Å². The second-order valence-corrected chi connectivity index (χ2v) is 5.32. The molecule has 0 radical (unpaired) electrons. The normalized spacial score (nSPS) is 16.7. The van der Waals surface area contributed by atoms with Gasteiger partial charge in [-0.25, -0.2) is 0 Å². The number of aliphatic imine (C=N–C) groups is 1. The van der Waals surface area contributed by atoms with E-state index in [2.05, 4.69) is 24.2 Å². The summed E-state index contributed by atoms with van der Waals surface area (Å²) < 4.78 is 0. The minimum Gasteiger partial charge on any atom is -0.372 e. The van der Waals surface area contributed by atoms with Gasteiger partial charge in [-0.1, -0.05) is 65.2 Å². The largest absolute Gasteiger partial charge is 0.372 e. The first-order valence-corrected chi connectivity index (χ1v) is 7.64. The number of nitrogens with zero attached hydrogens (tertiary/aromatic N) is 1. The lowest BCUT2D eigenvalue weighted by molar-refractivity contribution is 0.422.